The number of halogens is 1. The first kappa shape index (κ1) is 12.5. The van der Waals surface area contributed by atoms with Crippen LogP contribution in [0.3, 0.4) is 0 Å². The third kappa shape index (κ3) is 1.94. The monoisotopic (exact) mass is 299 g/mol. The molecule has 1 aliphatic heterocycles. The van der Waals surface area contributed by atoms with Crippen molar-refractivity contribution in [2.24, 2.45) is 0 Å². The van der Waals surface area contributed by atoms with Gasteiger partial charge in [0, 0.05) is 17.0 Å². The smallest absolute Gasteiger partial charge is 0.201 e. The maximum absolute atomic E-state index is 6.16. The molecule has 0 saturated carbocycles. The fraction of sp³-hybridized carbons (Fsp3) is 0.188. The highest BCUT2D eigenvalue weighted by molar-refractivity contribution is 6.31. The molecular weight excluding hydrogens is 286 g/mol. The Balaban J connectivity index is 1.94. The summed E-state index contributed by atoms with van der Waals surface area (Å²) in [5.74, 6) is 1.43. The van der Waals surface area contributed by atoms with Crippen LogP contribution >= 0.6 is 11.6 Å². The summed E-state index contributed by atoms with van der Waals surface area (Å²) in [5, 5.41) is 0.666. The Labute approximate surface area is 127 Å². The van der Waals surface area contributed by atoms with Crippen molar-refractivity contribution in [2.45, 2.75) is 12.5 Å². The molecule has 0 spiro atoms. The van der Waals surface area contributed by atoms with Gasteiger partial charge in [-0.25, -0.2) is 4.98 Å². The fourth-order valence-corrected chi connectivity index (χ4v) is 3.18. The van der Waals surface area contributed by atoms with Gasteiger partial charge in [0.1, 0.15) is 5.75 Å². The van der Waals surface area contributed by atoms with Crippen LogP contribution in [0, 0.1) is 0 Å². The normalized spacial score (nSPS) is 17.5. The number of hydrogen-bond donors (Lipinski definition) is 1. The molecule has 0 bridgehead atoms. The number of anilines is 1. The molecule has 0 fully saturated rings. The van der Waals surface area contributed by atoms with E-state index in [0.717, 1.165) is 28.8 Å². The zero-order chi connectivity index (χ0) is 14.4. The van der Waals surface area contributed by atoms with Gasteiger partial charge in [0.05, 0.1) is 23.7 Å². The first-order valence-electron chi connectivity index (χ1n) is 6.89. The summed E-state index contributed by atoms with van der Waals surface area (Å²) in [6.07, 6.45) is 0.870. The first-order valence-corrected chi connectivity index (χ1v) is 7.26. The molecule has 3 aromatic rings. The minimum atomic E-state index is 0.140. The van der Waals surface area contributed by atoms with Crippen LogP contribution in [-0.2, 0) is 0 Å². The van der Waals surface area contributed by atoms with Gasteiger partial charge in [-0.2, -0.15) is 0 Å². The van der Waals surface area contributed by atoms with Crippen LogP contribution in [0.25, 0.3) is 11.0 Å². The average Bonchev–Trinajstić information content (AvgIpc) is 2.81. The van der Waals surface area contributed by atoms with Crippen LogP contribution < -0.4 is 10.5 Å². The first-order chi connectivity index (χ1) is 10.2. The topological polar surface area (TPSA) is 53.1 Å². The van der Waals surface area contributed by atoms with Gasteiger partial charge in [-0.15, -0.1) is 0 Å². The van der Waals surface area contributed by atoms with E-state index in [0.29, 0.717) is 17.6 Å². The molecule has 4 nitrogen and oxygen atoms in total. The second-order valence-corrected chi connectivity index (χ2v) is 5.60. The van der Waals surface area contributed by atoms with Gasteiger partial charge < -0.3 is 15.0 Å². The van der Waals surface area contributed by atoms with Gasteiger partial charge in [0.25, 0.3) is 0 Å². The Morgan fingerprint density at radius 2 is 2.10 bits per heavy atom. The highest BCUT2D eigenvalue weighted by atomic mass is 35.5. The largest absolute Gasteiger partial charge is 0.493 e. The Morgan fingerprint density at radius 3 is 3.00 bits per heavy atom. The molecule has 1 aliphatic rings. The third-order valence-electron chi connectivity index (χ3n) is 3.92. The van der Waals surface area contributed by atoms with E-state index in [1.165, 1.54) is 0 Å². The molecule has 2 heterocycles. The maximum Gasteiger partial charge on any atom is 0.201 e. The van der Waals surface area contributed by atoms with Crippen molar-refractivity contribution in [3.63, 3.8) is 0 Å². The Kier molecular flexibility index (Phi) is 2.79. The molecule has 5 heteroatoms. The van der Waals surface area contributed by atoms with E-state index in [1.807, 2.05) is 36.4 Å². The number of para-hydroxylation sites is 1. The van der Waals surface area contributed by atoms with Crippen LogP contribution in [0.15, 0.2) is 42.5 Å². The van der Waals surface area contributed by atoms with Crippen molar-refractivity contribution >= 4 is 28.6 Å². The number of nitrogens with zero attached hydrogens (tertiary/aromatic N) is 2. The lowest BCUT2D eigenvalue weighted by Crippen LogP contribution is -2.21. The van der Waals surface area contributed by atoms with E-state index in [4.69, 9.17) is 22.1 Å². The predicted molar refractivity (Wildman–Crippen MR) is 83.8 cm³/mol. The van der Waals surface area contributed by atoms with Crippen LogP contribution in [-0.4, -0.2) is 16.2 Å². The van der Waals surface area contributed by atoms with E-state index in [2.05, 4.69) is 15.6 Å². The molecule has 0 aliphatic carbocycles. The van der Waals surface area contributed by atoms with Gasteiger partial charge in [-0.3, -0.25) is 0 Å². The van der Waals surface area contributed by atoms with Crippen molar-refractivity contribution in [1.82, 2.24) is 9.55 Å². The summed E-state index contributed by atoms with van der Waals surface area (Å²) in [4.78, 5) is 4.44. The van der Waals surface area contributed by atoms with Crippen LogP contribution in [0.4, 0.5) is 5.95 Å². The molecule has 1 atom stereocenters. The van der Waals surface area contributed by atoms with Crippen molar-refractivity contribution in [1.29, 1.82) is 0 Å². The molecule has 0 saturated heterocycles. The lowest BCUT2D eigenvalue weighted by atomic mass is 10.00. The van der Waals surface area contributed by atoms with Crippen LogP contribution in [0.1, 0.15) is 18.0 Å². The predicted octanol–water partition coefficient (Wildman–Crippen LogP) is 3.64. The number of benzene rings is 2. The minimum Gasteiger partial charge on any atom is -0.493 e. The minimum absolute atomic E-state index is 0.140. The Bertz CT molecular complexity index is 828. The van der Waals surface area contributed by atoms with Crippen molar-refractivity contribution in [3.05, 3.63) is 53.1 Å². The molecule has 21 heavy (non-hydrogen) atoms. The van der Waals surface area contributed by atoms with Crippen LogP contribution in [0.5, 0.6) is 5.75 Å². The van der Waals surface area contributed by atoms with E-state index in [1.54, 1.807) is 0 Å². The van der Waals surface area contributed by atoms with E-state index >= 15 is 0 Å². The maximum atomic E-state index is 6.16. The number of aromatic nitrogens is 2. The van der Waals surface area contributed by atoms with Crippen LogP contribution in [0.2, 0.25) is 5.02 Å². The molecule has 0 radical (unpaired) electrons. The molecule has 106 valence electrons. The number of nitrogens with two attached hydrogens (primary N) is 1. The lowest BCUT2D eigenvalue weighted by Gasteiger charge is -2.28. The van der Waals surface area contributed by atoms with Crippen molar-refractivity contribution in [3.8, 4) is 5.75 Å². The molecule has 1 unspecified atom stereocenters. The number of imidazole rings is 1. The van der Waals surface area contributed by atoms with Gasteiger partial charge in [0.2, 0.25) is 5.95 Å². The van der Waals surface area contributed by atoms with E-state index in [9.17, 15) is 0 Å². The summed E-state index contributed by atoms with van der Waals surface area (Å²) in [6, 6.07) is 13.9. The van der Waals surface area contributed by atoms with Gasteiger partial charge in [0.15, 0.2) is 0 Å². The Hall–Kier alpha value is -2.20. The number of ether oxygens (including phenoxy) is 1. The molecule has 1 aromatic heterocycles. The summed E-state index contributed by atoms with van der Waals surface area (Å²) in [7, 11) is 0. The summed E-state index contributed by atoms with van der Waals surface area (Å²) in [6.45, 7) is 0.675. The second kappa shape index (κ2) is 4.67. The third-order valence-corrected chi connectivity index (χ3v) is 4.15. The fourth-order valence-electron chi connectivity index (χ4n) is 3.01. The van der Waals surface area contributed by atoms with E-state index in [-0.39, 0.29) is 6.04 Å². The number of rotatable bonds is 1. The second-order valence-electron chi connectivity index (χ2n) is 5.16. The zero-order valence-corrected chi connectivity index (χ0v) is 12.0. The van der Waals surface area contributed by atoms with Gasteiger partial charge in [-0.1, -0.05) is 29.8 Å². The number of fused-ring (bicyclic) bond motifs is 2. The molecule has 4 rings (SSSR count). The quantitative estimate of drug-likeness (QED) is 0.746. The SMILES string of the molecule is Nc1nc2cc(Cl)ccc2n1C1CCOc2ccccc21. The van der Waals surface area contributed by atoms with Crippen molar-refractivity contribution < 1.29 is 4.74 Å². The summed E-state index contributed by atoms with van der Waals surface area (Å²) < 4.78 is 7.80. The zero-order valence-electron chi connectivity index (χ0n) is 11.3. The molecular formula is C16H14ClN3O. The van der Waals surface area contributed by atoms with Gasteiger partial charge in [-0.05, 0) is 24.3 Å². The number of nitrogen functional groups attached to an aromatic ring is 1. The number of hydrogen-bond acceptors (Lipinski definition) is 3. The van der Waals surface area contributed by atoms with Crippen molar-refractivity contribution in [2.75, 3.05) is 12.3 Å². The average molecular weight is 300 g/mol. The highest BCUT2D eigenvalue weighted by Crippen LogP contribution is 2.38. The summed E-state index contributed by atoms with van der Waals surface area (Å²) >= 11 is 6.04. The molecule has 2 N–H and O–H groups in total. The van der Waals surface area contributed by atoms with Gasteiger partial charge >= 0.3 is 0 Å². The standard InChI is InChI=1S/C16H14ClN3O/c17-10-5-6-14-12(9-10)19-16(18)20(14)13-7-8-21-15-4-2-1-3-11(13)15/h1-6,9,13H,7-8H2,(H2,18,19). The molecule has 0 amide bonds. The summed E-state index contributed by atoms with van der Waals surface area (Å²) in [5.41, 5.74) is 9.12. The van der Waals surface area contributed by atoms with E-state index < -0.39 is 0 Å². The highest BCUT2D eigenvalue weighted by Gasteiger charge is 2.25. The lowest BCUT2D eigenvalue weighted by molar-refractivity contribution is 0.259. The molecule has 2 aromatic carbocycles. The Morgan fingerprint density at radius 1 is 1.24 bits per heavy atom.